The fourth-order valence-corrected chi connectivity index (χ4v) is 2.79. The zero-order chi connectivity index (χ0) is 17.8. The summed E-state index contributed by atoms with van der Waals surface area (Å²) in [7, 11) is 1.59. The Kier molecular flexibility index (Phi) is 5.14. The predicted molar refractivity (Wildman–Crippen MR) is 88.9 cm³/mol. The van der Waals surface area contributed by atoms with E-state index in [0.717, 1.165) is 17.4 Å². The topological polar surface area (TPSA) is 59.6 Å². The molecule has 3 rings (SSSR count). The molecule has 2 atom stereocenters. The van der Waals surface area contributed by atoms with Gasteiger partial charge in [0.25, 0.3) is 0 Å². The van der Waals surface area contributed by atoms with Crippen LogP contribution in [0.4, 0.5) is 19.3 Å². The van der Waals surface area contributed by atoms with Gasteiger partial charge in [-0.05, 0) is 29.8 Å². The highest BCUT2D eigenvalue weighted by molar-refractivity contribution is 5.89. The van der Waals surface area contributed by atoms with E-state index >= 15 is 0 Å². The van der Waals surface area contributed by atoms with Gasteiger partial charge in [-0.3, -0.25) is 0 Å². The third kappa shape index (κ3) is 4.06. The number of carbonyl (C=O) groups is 1. The van der Waals surface area contributed by atoms with Gasteiger partial charge < -0.3 is 20.1 Å². The van der Waals surface area contributed by atoms with E-state index in [1.165, 1.54) is 6.07 Å². The fraction of sp³-hybridized carbons (Fsp3) is 0.278. The first kappa shape index (κ1) is 17.2. The molecule has 2 aromatic carbocycles. The van der Waals surface area contributed by atoms with Crippen molar-refractivity contribution >= 4 is 11.7 Å². The molecular formula is C18H18F2N2O3. The average Bonchev–Trinajstić information content (AvgIpc) is 3.05. The molecule has 1 aliphatic heterocycles. The number of hydrogen-bond acceptors (Lipinski definition) is 3. The molecule has 0 aliphatic carbocycles. The van der Waals surface area contributed by atoms with Crippen LogP contribution in [0.2, 0.25) is 0 Å². The van der Waals surface area contributed by atoms with Crippen molar-refractivity contribution in [3.05, 3.63) is 59.7 Å². The number of carbonyl (C=O) groups excluding carboxylic acids is 1. The van der Waals surface area contributed by atoms with Gasteiger partial charge >= 0.3 is 6.03 Å². The Hall–Kier alpha value is -2.67. The summed E-state index contributed by atoms with van der Waals surface area (Å²) in [5.41, 5.74) is 0.926. The second kappa shape index (κ2) is 7.48. The minimum atomic E-state index is -0.829. The zero-order valence-electron chi connectivity index (χ0n) is 13.6. The predicted octanol–water partition coefficient (Wildman–Crippen LogP) is 3.28. The van der Waals surface area contributed by atoms with Gasteiger partial charge in [0.1, 0.15) is 17.4 Å². The van der Waals surface area contributed by atoms with Crippen LogP contribution < -0.4 is 15.4 Å². The Labute approximate surface area is 143 Å². The number of hydrogen-bond donors (Lipinski definition) is 2. The third-order valence-corrected chi connectivity index (χ3v) is 4.12. The van der Waals surface area contributed by atoms with Crippen molar-refractivity contribution in [3.8, 4) is 5.75 Å². The molecule has 5 nitrogen and oxygen atoms in total. The van der Waals surface area contributed by atoms with Crippen molar-refractivity contribution in [1.29, 1.82) is 0 Å². The lowest BCUT2D eigenvalue weighted by Gasteiger charge is -2.20. The van der Waals surface area contributed by atoms with E-state index in [2.05, 4.69) is 10.6 Å². The van der Waals surface area contributed by atoms with Gasteiger partial charge in [0, 0.05) is 12.0 Å². The Morgan fingerprint density at radius 3 is 2.60 bits per heavy atom. The first-order valence-electron chi connectivity index (χ1n) is 7.81. The summed E-state index contributed by atoms with van der Waals surface area (Å²) < 4.78 is 37.1. The van der Waals surface area contributed by atoms with Crippen molar-refractivity contribution in [2.75, 3.05) is 25.6 Å². The van der Waals surface area contributed by atoms with E-state index in [4.69, 9.17) is 9.47 Å². The van der Waals surface area contributed by atoms with Crippen molar-refractivity contribution < 1.29 is 23.0 Å². The minimum absolute atomic E-state index is 0.0188. The second-order valence-electron chi connectivity index (χ2n) is 5.75. The molecule has 0 spiro atoms. The standard InChI is InChI=1S/C18H18F2N2O3/c1-24-13-5-2-11(3-6-13)14-9-25-10-17(14)22-18(23)21-16-7-4-12(19)8-15(16)20/h2-8,14,17H,9-10H2,1H3,(H2,21,22,23). The van der Waals surface area contributed by atoms with E-state index < -0.39 is 17.7 Å². The third-order valence-electron chi connectivity index (χ3n) is 4.12. The molecule has 1 fully saturated rings. The van der Waals surface area contributed by atoms with Crippen LogP contribution in [0, 0.1) is 11.6 Å². The number of anilines is 1. The van der Waals surface area contributed by atoms with Crippen LogP contribution in [0.15, 0.2) is 42.5 Å². The van der Waals surface area contributed by atoms with Crippen LogP contribution >= 0.6 is 0 Å². The van der Waals surface area contributed by atoms with Crippen LogP contribution in [0.1, 0.15) is 11.5 Å². The summed E-state index contributed by atoms with van der Waals surface area (Å²) >= 11 is 0. The Bertz CT molecular complexity index is 752. The maximum Gasteiger partial charge on any atom is 0.319 e. The van der Waals surface area contributed by atoms with Crippen molar-refractivity contribution in [2.24, 2.45) is 0 Å². The number of rotatable bonds is 4. The van der Waals surface area contributed by atoms with Crippen molar-refractivity contribution in [2.45, 2.75) is 12.0 Å². The van der Waals surface area contributed by atoms with Gasteiger partial charge in [-0.25, -0.2) is 13.6 Å². The van der Waals surface area contributed by atoms with Crippen molar-refractivity contribution in [1.82, 2.24) is 5.32 Å². The highest BCUT2D eigenvalue weighted by Crippen LogP contribution is 2.27. The first-order chi connectivity index (χ1) is 12.1. The number of benzene rings is 2. The number of ether oxygens (including phenoxy) is 2. The lowest BCUT2D eigenvalue weighted by Crippen LogP contribution is -2.41. The summed E-state index contributed by atoms with van der Waals surface area (Å²) in [4.78, 5) is 12.1. The Morgan fingerprint density at radius 1 is 1.16 bits per heavy atom. The van der Waals surface area contributed by atoms with E-state index in [-0.39, 0.29) is 17.6 Å². The lowest BCUT2D eigenvalue weighted by molar-refractivity contribution is 0.187. The normalized spacial score (nSPS) is 19.5. The molecule has 0 radical (unpaired) electrons. The minimum Gasteiger partial charge on any atom is -0.497 e. The number of halogens is 2. The lowest BCUT2D eigenvalue weighted by atomic mass is 9.94. The zero-order valence-corrected chi connectivity index (χ0v) is 13.6. The summed E-state index contributed by atoms with van der Waals surface area (Å²) in [5.74, 6) is -0.803. The molecule has 1 aliphatic rings. The molecule has 2 aromatic rings. The molecule has 0 saturated carbocycles. The van der Waals surface area contributed by atoms with Crippen LogP contribution in [-0.4, -0.2) is 32.4 Å². The fourth-order valence-electron chi connectivity index (χ4n) is 2.79. The molecule has 25 heavy (non-hydrogen) atoms. The quantitative estimate of drug-likeness (QED) is 0.891. The van der Waals surface area contributed by atoms with E-state index in [9.17, 15) is 13.6 Å². The number of nitrogens with one attached hydrogen (secondary N) is 2. The van der Waals surface area contributed by atoms with Crippen LogP contribution in [0.25, 0.3) is 0 Å². The monoisotopic (exact) mass is 348 g/mol. The summed E-state index contributed by atoms with van der Waals surface area (Å²) in [6.45, 7) is 0.832. The number of urea groups is 1. The van der Waals surface area contributed by atoms with Gasteiger partial charge in [-0.1, -0.05) is 12.1 Å². The van der Waals surface area contributed by atoms with Gasteiger partial charge in [-0.2, -0.15) is 0 Å². The molecule has 1 heterocycles. The van der Waals surface area contributed by atoms with Crippen LogP contribution in [-0.2, 0) is 4.74 Å². The van der Waals surface area contributed by atoms with Gasteiger partial charge in [0.15, 0.2) is 0 Å². The Balaban J connectivity index is 1.65. The largest absolute Gasteiger partial charge is 0.497 e. The van der Waals surface area contributed by atoms with Crippen LogP contribution in [0.5, 0.6) is 5.75 Å². The SMILES string of the molecule is COc1ccc(C2COCC2NC(=O)Nc2ccc(F)cc2F)cc1. The van der Waals surface area contributed by atoms with Gasteiger partial charge in [0.05, 0.1) is 32.1 Å². The molecule has 2 unspecified atom stereocenters. The number of amides is 2. The van der Waals surface area contributed by atoms with Gasteiger partial charge in [0.2, 0.25) is 0 Å². The smallest absolute Gasteiger partial charge is 0.319 e. The molecule has 2 amide bonds. The molecule has 0 bridgehead atoms. The van der Waals surface area contributed by atoms with Crippen molar-refractivity contribution in [3.63, 3.8) is 0 Å². The summed E-state index contributed by atoms with van der Waals surface area (Å²) in [5, 5.41) is 5.17. The highest BCUT2D eigenvalue weighted by atomic mass is 19.1. The maximum absolute atomic E-state index is 13.6. The van der Waals surface area contributed by atoms with E-state index in [1.54, 1.807) is 7.11 Å². The summed E-state index contributed by atoms with van der Waals surface area (Å²) in [6, 6.07) is 9.69. The van der Waals surface area contributed by atoms with E-state index in [0.29, 0.717) is 19.3 Å². The molecular weight excluding hydrogens is 330 g/mol. The molecule has 132 valence electrons. The maximum atomic E-state index is 13.6. The molecule has 0 aromatic heterocycles. The summed E-state index contributed by atoms with van der Waals surface area (Å²) in [6.07, 6.45) is 0. The van der Waals surface area contributed by atoms with Crippen LogP contribution in [0.3, 0.4) is 0 Å². The Morgan fingerprint density at radius 2 is 1.92 bits per heavy atom. The number of methoxy groups -OCH3 is 1. The first-order valence-corrected chi connectivity index (χ1v) is 7.81. The molecule has 7 heteroatoms. The molecule has 1 saturated heterocycles. The average molecular weight is 348 g/mol. The van der Waals surface area contributed by atoms with E-state index in [1.807, 2.05) is 24.3 Å². The second-order valence-corrected chi connectivity index (χ2v) is 5.75. The van der Waals surface area contributed by atoms with Gasteiger partial charge in [-0.15, -0.1) is 0 Å². The highest BCUT2D eigenvalue weighted by Gasteiger charge is 2.31. The molecule has 2 N–H and O–H groups in total.